The third kappa shape index (κ3) is 7.07. The summed E-state index contributed by atoms with van der Waals surface area (Å²) in [5.74, 6) is -3.14. The minimum absolute atomic E-state index is 0.0112. The minimum Gasteiger partial charge on any atom is -0.433 e. The fourth-order valence-electron chi connectivity index (χ4n) is 3.85. The number of ether oxygens (including phenoxy) is 1. The molecule has 230 valence electrons. The van der Waals surface area contributed by atoms with E-state index in [0.717, 1.165) is 12.1 Å². The lowest BCUT2D eigenvalue weighted by Crippen LogP contribution is -2.50. The number of amides is 3. The number of rotatable bonds is 6. The number of nitrogens with one attached hydrogen (secondary N) is 2. The van der Waals surface area contributed by atoms with Gasteiger partial charge in [-0.15, -0.1) is 0 Å². The van der Waals surface area contributed by atoms with Gasteiger partial charge >= 0.3 is 36.4 Å². The number of hydrogen-bond donors (Lipinski definition) is 2. The number of alkyl halides is 9. The highest BCUT2D eigenvalue weighted by molar-refractivity contribution is 9.10. The summed E-state index contributed by atoms with van der Waals surface area (Å²) in [6, 6.07) is 4.34. The molecule has 1 heterocycles. The summed E-state index contributed by atoms with van der Waals surface area (Å²) < 4.78 is 123. The first-order valence-corrected chi connectivity index (χ1v) is 13.5. The van der Waals surface area contributed by atoms with Gasteiger partial charge in [0, 0.05) is 45.4 Å². The van der Waals surface area contributed by atoms with E-state index in [1.165, 1.54) is 17.0 Å². The summed E-state index contributed by atoms with van der Waals surface area (Å²) in [4.78, 5) is 39.3. The van der Waals surface area contributed by atoms with Crippen LogP contribution in [0.3, 0.4) is 0 Å². The Morgan fingerprint density at radius 2 is 1.67 bits per heavy atom. The smallest absolute Gasteiger partial charge is 0.433 e. The zero-order valence-electron chi connectivity index (χ0n) is 21.0. The van der Waals surface area contributed by atoms with Gasteiger partial charge in [0.1, 0.15) is 0 Å². The van der Waals surface area contributed by atoms with Crippen molar-refractivity contribution in [1.82, 2.24) is 4.90 Å². The highest BCUT2D eigenvalue weighted by Crippen LogP contribution is 2.55. The normalized spacial score (nSPS) is 16.3. The van der Waals surface area contributed by atoms with E-state index in [2.05, 4.69) is 26.0 Å². The number of nitrogens with zero attached hydrogens (tertiary/aromatic N) is 1. The van der Waals surface area contributed by atoms with Gasteiger partial charge in [0.2, 0.25) is 0 Å². The number of carbonyl (C=O) groups is 3. The van der Waals surface area contributed by atoms with E-state index in [0.29, 0.717) is 18.1 Å². The number of carbonyl (C=O) groups excluding carboxylic acids is 3. The molecule has 18 heteroatoms. The van der Waals surface area contributed by atoms with E-state index in [9.17, 15) is 53.9 Å². The molecule has 1 saturated heterocycles. The highest BCUT2D eigenvalue weighted by atomic mass is 79.9. The van der Waals surface area contributed by atoms with E-state index >= 15 is 0 Å². The van der Waals surface area contributed by atoms with E-state index in [1.807, 2.05) is 5.32 Å². The molecule has 2 aromatic carbocycles. The zero-order chi connectivity index (χ0) is 31.6. The molecule has 1 aliphatic heterocycles. The van der Waals surface area contributed by atoms with Crippen molar-refractivity contribution in [2.45, 2.75) is 37.6 Å². The molecule has 2 N–H and O–H groups in total. The monoisotopic (exact) mass is 695 g/mol. The molecule has 0 spiro atoms. The van der Waals surface area contributed by atoms with Crippen LogP contribution in [0.4, 0.5) is 50.9 Å². The fourth-order valence-corrected chi connectivity index (χ4v) is 5.40. The summed E-state index contributed by atoms with van der Waals surface area (Å²) in [5, 5.41) is 4.31. The number of thioether (sulfide) groups is 1. The van der Waals surface area contributed by atoms with E-state index in [4.69, 9.17) is 0 Å². The standard InChI is InChI=1S/C24H19BrF9N3O4S/c1-11-10-42-6-5-37(11)20(40)19(39)35-14-4-2-3-12(7-14)18(38)36-17-15(25)8-13(9-16(17)41-21(26)27)22(28,23(29,30)31)24(32,33)34/h2-4,7-9,11,21H,5-6,10H2,1H3,(H,35,39)(H,36,38). The van der Waals surface area contributed by atoms with Gasteiger partial charge in [0.15, 0.2) is 5.75 Å². The maximum atomic E-state index is 14.6. The minimum atomic E-state index is -6.55. The molecule has 1 aliphatic rings. The Balaban J connectivity index is 1.90. The molecular formula is C24H19BrF9N3O4S. The molecule has 3 rings (SSSR count). The maximum Gasteiger partial charge on any atom is 0.435 e. The first-order chi connectivity index (χ1) is 19.4. The van der Waals surface area contributed by atoms with E-state index < -0.39 is 63.8 Å². The van der Waals surface area contributed by atoms with E-state index in [-0.39, 0.29) is 29.4 Å². The molecule has 0 bridgehead atoms. The number of anilines is 2. The molecule has 42 heavy (non-hydrogen) atoms. The lowest BCUT2D eigenvalue weighted by Gasteiger charge is -2.32. The Labute approximate surface area is 244 Å². The number of hydrogen-bond acceptors (Lipinski definition) is 5. The van der Waals surface area contributed by atoms with Crippen molar-refractivity contribution in [2.24, 2.45) is 0 Å². The average molecular weight is 696 g/mol. The van der Waals surface area contributed by atoms with Crippen LogP contribution in [0.1, 0.15) is 22.8 Å². The summed E-state index contributed by atoms with van der Waals surface area (Å²) in [6.07, 6.45) is -13.1. The molecule has 0 saturated carbocycles. The summed E-state index contributed by atoms with van der Waals surface area (Å²) in [5.41, 5.74) is -9.29. The van der Waals surface area contributed by atoms with Gasteiger partial charge in [0.05, 0.1) is 5.69 Å². The second-order valence-electron chi connectivity index (χ2n) is 8.78. The van der Waals surface area contributed by atoms with Crippen LogP contribution in [0, 0.1) is 0 Å². The second kappa shape index (κ2) is 12.6. The van der Waals surface area contributed by atoms with Crippen LogP contribution in [-0.2, 0) is 15.3 Å². The summed E-state index contributed by atoms with van der Waals surface area (Å²) >= 11 is 4.19. The van der Waals surface area contributed by atoms with Crippen molar-refractivity contribution >= 4 is 56.8 Å². The second-order valence-corrected chi connectivity index (χ2v) is 10.8. The molecule has 1 unspecified atom stereocenters. The Morgan fingerprint density at radius 3 is 2.24 bits per heavy atom. The highest BCUT2D eigenvalue weighted by Gasteiger charge is 2.73. The van der Waals surface area contributed by atoms with Gasteiger partial charge in [-0.25, -0.2) is 4.39 Å². The summed E-state index contributed by atoms with van der Waals surface area (Å²) in [6.45, 7) is -1.70. The van der Waals surface area contributed by atoms with Gasteiger partial charge in [-0.1, -0.05) is 6.07 Å². The number of halogens is 10. The van der Waals surface area contributed by atoms with Crippen LogP contribution >= 0.6 is 27.7 Å². The maximum absolute atomic E-state index is 14.6. The first-order valence-electron chi connectivity index (χ1n) is 11.6. The zero-order valence-corrected chi connectivity index (χ0v) is 23.4. The summed E-state index contributed by atoms with van der Waals surface area (Å²) in [7, 11) is 0. The predicted octanol–water partition coefficient (Wildman–Crippen LogP) is 6.49. The van der Waals surface area contributed by atoms with Crippen LogP contribution in [0.2, 0.25) is 0 Å². The van der Waals surface area contributed by atoms with Gasteiger partial charge in [0.25, 0.3) is 5.91 Å². The Morgan fingerprint density at radius 1 is 1.02 bits per heavy atom. The van der Waals surface area contributed by atoms with Gasteiger partial charge in [-0.05, 0) is 53.2 Å². The quantitative estimate of drug-likeness (QED) is 0.267. The number of benzene rings is 2. The van der Waals surface area contributed by atoms with Crippen LogP contribution in [0.5, 0.6) is 5.75 Å². The lowest BCUT2D eigenvalue weighted by atomic mass is 9.93. The molecule has 1 atom stereocenters. The van der Waals surface area contributed by atoms with Crippen LogP contribution in [0.15, 0.2) is 40.9 Å². The third-order valence-corrected chi connectivity index (χ3v) is 7.71. The van der Waals surface area contributed by atoms with Crippen molar-refractivity contribution in [2.75, 3.05) is 28.7 Å². The molecular weight excluding hydrogens is 677 g/mol. The molecule has 1 fully saturated rings. The van der Waals surface area contributed by atoms with Gasteiger partial charge in [-0.3, -0.25) is 14.4 Å². The Kier molecular flexibility index (Phi) is 10.0. The van der Waals surface area contributed by atoms with Crippen molar-refractivity contribution < 1.29 is 58.6 Å². The van der Waals surface area contributed by atoms with Crippen LogP contribution in [0.25, 0.3) is 0 Å². The fraction of sp³-hybridized carbons (Fsp3) is 0.375. The average Bonchev–Trinajstić information content (AvgIpc) is 2.88. The molecule has 0 aromatic heterocycles. The Bertz CT molecular complexity index is 1340. The molecule has 0 radical (unpaired) electrons. The third-order valence-electron chi connectivity index (χ3n) is 5.89. The SMILES string of the molecule is CC1CSCCN1C(=O)C(=O)Nc1cccc(C(=O)Nc2c(Br)cc(C(F)(C(F)(F)F)C(F)(F)F)cc2OC(F)F)c1. The largest absolute Gasteiger partial charge is 0.435 e. The molecule has 3 amide bonds. The van der Waals surface area contributed by atoms with Gasteiger partial charge in [-0.2, -0.15) is 46.9 Å². The van der Waals surface area contributed by atoms with Crippen molar-refractivity contribution in [3.05, 3.63) is 52.0 Å². The van der Waals surface area contributed by atoms with Crippen molar-refractivity contribution in [1.29, 1.82) is 0 Å². The predicted molar refractivity (Wildman–Crippen MR) is 137 cm³/mol. The van der Waals surface area contributed by atoms with Crippen LogP contribution in [-0.4, -0.2) is 65.7 Å². The van der Waals surface area contributed by atoms with Crippen molar-refractivity contribution in [3.8, 4) is 5.75 Å². The lowest BCUT2D eigenvalue weighted by molar-refractivity contribution is -0.348. The van der Waals surface area contributed by atoms with Crippen LogP contribution < -0.4 is 15.4 Å². The first kappa shape index (κ1) is 33.4. The topological polar surface area (TPSA) is 87.7 Å². The molecule has 7 nitrogen and oxygen atoms in total. The van der Waals surface area contributed by atoms with E-state index in [1.54, 1.807) is 18.7 Å². The molecule has 2 aromatic rings. The Hall–Kier alpha value is -3.15. The van der Waals surface area contributed by atoms with Gasteiger partial charge < -0.3 is 20.3 Å². The molecule has 0 aliphatic carbocycles. The van der Waals surface area contributed by atoms with Crippen molar-refractivity contribution in [3.63, 3.8) is 0 Å².